The number of benzene rings is 1. The van der Waals surface area contributed by atoms with Crippen molar-refractivity contribution in [3.8, 4) is 0 Å². The van der Waals surface area contributed by atoms with E-state index in [0.717, 1.165) is 24.3 Å². The Balaban J connectivity index is 1.61. The van der Waals surface area contributed by atoms with Gasteiger partial charge in [-0.3, -0.25) is 14.5 Å². The summed E-state index contributed by atoms with van der Waals surface area (Å²) in [4.78, 5) is 26.8. The van der Waals surface area contributed by atoms with Gasteiger partial charge in [0.15, 0.2) is 0 Å². The van der Waals surface area contributed by atoms with Gasteiger partial charge in [-0.25, -0.2) is 0 Å². The zero-order valence-corrected chi connectivity index (χ0v) is 15.4. The molecule has 1 aromatic carbocycles. The summed E-state index contributed by atoms with van der Waals surface area (Å²) in [5.74, 6) is -1.25. The van der Waals surface area contributed by atoms with Crippen molar-refractivity contribution in [3.05, 3.63) is 53.9 Å². The predicted molar refractivity (Wildman–Crippen MR) is 102 cm³/mol. The van der Waals surface area contributed by atoms with Crippen LogP contribution in [0, 0.1) is 6.92 Å². The van der Waals surface area contributed by atoms with Crippen molar-refractivity contribution in [1.82, 2.24) is 14.8 Å². The summed E-state index contributed by atoms with van der Waals surface area (Å²) in [5.41, 5.74) is 2.86. The van der Waals surface area contributed by atoms with Crippen molar-refractivity contribution in [2.24, 2.45) is 7.05 Å². The summed E-state index contributed by atoms with van der Waals surface area (Å²) in [6.07, 6.45) is 4.34. The topological polar surface area (TPSA) is 66.4 Å². The maximum atomic E-state index is 12.2. The maximum absolute atomic E-state index is 12.2. The fraction of sp³-hybridized carbons (Fsp3) is 0.400. The van der Waals surface area contributed by atoms with Crippen LogP contribution < -0.4 is 10.6 Å². The number of carbonyl (C=O) groups excluding carboxylic acids is 2. The first-order valence-electron chi connectivity index (χ1n) is 9.06. The van der Waals surface area contributed by atoms with E-state index in [1.807, 2.05) is 38.4 Å². The normalized spacial score (nSPS) is 15.6. The number of nitrogens with zero attached hydrogens (tertiary/aromatic N) is 2. The molecule has 2 aromatic rings. The third-order valence-corrected chi connectivity index (χ3v) is 4.88. The molecule has 1 aromatic heterocycles. The molecule has 1 aliphatic rings. The molecule has 1 aliphatic heterocycles. The lowest BCUT2D eigenvalue weighted by Crippen LogP contribution is -2.41. The van der Waals surface area contributed by atoms with Crippen molar-refractivity contribution >= 4 is 17.5 Å². The standard InChI is InChI=1S/C20H26N4O2/c1-15-7-9-16(10-8-15)22-20(26)19(25)21-14-18(24-12-3-4-13-24)17-6-5-11-23(17)2/h5-11,18H,3-4,12-14H2,1-2H3,(H,21,25)(H,22,26). The summed E-state index contributed by atoms with van der Waals surface area (Å²) in [7, 11) is 2.00. The molecule has 2 N–H and O–H groups in total. The highest BCUT2D eigenvalue weighted by molar-refractivity contribution is 6.39. The number of nitrogens with one attached hydrogen (secondary N) is 2. The molecule has 1 atom stereocenters. The third-order valence-electron chi connectivity index (χ3n) is 4.88. The van der Waals surface area contributed by atoms with Gasteiger partial charge >= 0.3 is 11.8 Å². The van der Waals surface area contributed by atoms with E-state index in [0.29, 0.717) is 12.2 Å². The van der Waals surface area contributed by atoms with Crippen LogP contribution in [-0.4, -0.2) is 40.9 Å². The van der Waals surface area contributed by atoms with Crippen LogP contribution in [0.4, 0.5) is 5.69 Å². The molecule has 6 nitrogen and oxygen atoms in total. The van der Waals surface area contributed by atoms with E-state index < -0.39 is 11.8 Å². The maximum Gasteiger partial charge on any atom is 0.313 e. The molecule has 26 heavy (non-hydrogen) atoms. The van der Waals surface area contributed by atoms with E-state index in [4.69, 9.17) is 0 Å². The van der Waals surface area contributed by atoms with Crippen LogP contribution in [0.3, 0.4) is 0 Å². The van der Waals surface area contributed by atoms with Crippen LogP contribution in [0.5, 0.6) is 0 Å². The summed E-state index contributed by atoms with van der Waals surface area (Å²) in [6, 6.07) is 11.5. The first-order valence-corrected chi connectivity index (χ1v) is 9.06. The SMILES string of the molecule is Cc1ccc(NC(=O)C(=O)NCC(c2cccn2C)N2CCCC2)cc1. The number of carbonyl (C=O) groups is 2. The molecule has 1 fully saturated rings. The zero-order valence-electron chi connectivity index (χ0n) is 15.4. The number of aryl methyl sites for hydroxylation is 2. The van der Waals surface area contributed by atoms with E-state index >= 15 is 0 Å². The minimum absolute atomic E-state index is 0.0774. The van der Waals surface area contributed by atoms with Gasteiger partial charge < -0.3 is 15.2 Å². The Morgan fingerprint density at radius 3 is 2.38 bits per heavy atom. The Labute approximate surface area is 154 Å². The quantitative estimate of drug-likeness (QED) is 0.809. The van der Waals surface area contributed by atoms with E-state index in [1.165, 1.54) is 12.8 Å². The van der Waals surface area contributed by atoms with Gasteiger partial charge in [-0.05, 0) is 57.1 Å². The molecule has 0 aliphatic carbocycles. The van der Waals surface area contributed by atoms with Gasteiger partial charge in [0.25, 0.3) is 0 Å². The van der Waals surface area contributed by atoms with Gasteiger partial charge in [0.05, 0.1) is 6.04 Å². The first kappa shape index (κ1) is 18.2. The smallest absolute Gasteiger partial charge is 0.313 e. The zero-order chi connectivity index (χ0) is 18.5. The van der Waals surface area contributed by atoms with Gasteiger partial charge in [-0.1, -0.05) is 17.7 Å². The van der Waals surface area contributed by atoms with Crippen molar-refractivity contribution < 1.29 is 9.59 Å². The Kier molecular flexibility index (Phi) is 5.73. The fourth-order valence-corrected chi connectivity index (χ4v) is 3.39. The Morgan fingerprint density at radius 1 is 1.08 bits per heavy atom. The highest BCUT2D eigenvalue weighted by Crippen LogP contribution is 2.24. The highest BCUT2D eigenvalue weighted by atomic mass is 16.2. The molecule has 2 heterocycles. The molecule has 3 rings (SSSR count). The average Bonchev–Trinajstić information content (AvgIpc) is 3.30. The van der Waals surface area contributed by atoms with Crippen molar-refractivity contribution in [3.63, 3.8) is 0 Å². The van der Waals surface area contributed by atoms with Gasteiger partial charge in [0.1, 0.15) is 0 Å². The van der Waals surface area contributed by atoms with Gasteiger partial charge in [-0.15, -0.1) is 0 Å². The second kappa shape index (κ2) is 8.19. The first-order chi connectivity index (χ1) is 12.5. The summed E-state index contributed by atoms with van der Waals surface area (Å²) in [6.45, 7) is 4.42. The molecular formula is C20H26N4O2. The summed E-state index contributed by atoms with van der Waals surface area (Å²) in [5, 5.41) is 5.44. The minimum Gasteiger partial charge on any atom is -0.353 e. The van der Waals surface area contributed by atoms with E-state index in [2.05, 4.69) is 26.2 Å². The molecule has 0 bridgehead atoms. The summed E-state index contributed by atoms with van der Waals surface area (Å²) < 4.78 is 2.07. The number of rotatable bonds is 5. The number of aromatic nitrogens is 1. The van der Waals surface area contributed by atoms with Crippen molar-refractivity contribution in [2.75, 3.05) is 25.0 Å². The average molecular weight is 354 g/mol. The molecule has 1 unspecified atom stereocenters. The van der Waals surface area contributed by atoms with E-state index in [9.17, 15) is 9.59 Å². The third kappa shape index (κ3) is 4.32. The van der Waals surface area contributed by atoms with Crippen molar-refractivity contribution in [2.45, 2.75) is 25.8 Å². The number of hydrogen-bond donors (Lipinski definition) is 2. The van der Waals surface area contributed by atoms with Crippen molar-refractivity contribution in [1.29, 1.82) is 0 Å². The second-order valence-corrected chi connectivity index (χ2v) is 6.83. The van der Waals surface area contributed by atoms with Crippen LogP contribution in [0.2, 0.25) is 0 Å². The highest BCUT2D eigenvalue weighted by Gasteiger charge is 2.26. The molecule has 6 heteroatoms. The van der Waals surface area contributed by atoms with E-state index in [1.54, 1.807) is 12.1 Å². The molecule has 138 valence electrons. The lowest BCUT2D eigenvalue weighted by atomic mass is 10.1. The lowest BCUT2D eigenvalue weighted by Gasteiger charge is -2.28. The summed E-state index contributed by atoms with van der Waals surface area (Å²) >= 11 is 0. The molecule has 0 saturated carbocycles. The molecular weight excluding hydrogens is 328 g/mol. The predicted octanol–water partition coefficient (Wildman–Crippen LogP) is 2.23. The van der Waals surface area contributed by atoms with E-state index in [-0.39, 0.29) is 6.04 Å². The lowest BCUT2D eigenvalue weighted by molar-refractivity contribution is -0.136. The van der Waals surface area contributed by atoms with Gasteiger partial charge in [-0.2, -0.15) is 0 Å². The van der Waals surface area contributed by atoms with Crippen LogP contribution >= 0.6 is 0 Å². The van der Waals surface area contributed by atoms with Gasteiger partial charge in [0, 0.05) is 31.2 Å². The molecule has 0 spiro atoms. The Bertz CT molecular complexity index is 760. The molecule has 1 saturated heterocycles. The van der Waals surface area contributed by atoms with Crippen LogP contribution in [-0.2, 0) is 16.6 Å². The van der Waals surface area contributed by atoms with Crippen LogP contribution in [0.1, 0.15) is 30.1 Å². The number of likely N-dealkylation sites (tertiary alicyclic amines) is 1. The fourth-order valence-electron chi connectivity index (χ4n) is 3.39. The Morgan fingerprint density at radius 2 is 1.77 bits per heavy atom. The second-order valence-electron chi connectivity index (χ2n) is 6.83. The van der Waals surface area contributed by atoms with Crippen LogP contribution in [0.15, 0.2) is 42.6 Å². The largest absolute Gasteiger partial charge is 0.353 e. The minimum atomic E-state index is -0.638. The number of amides is 2. The van der Waals surface area contributed by atoms with Crippen LogP contribution in [0.25, 0.3) is 0 Å². The Hall–Kier alpha value is -2.60. The number of hydrogen-bond acceptors (Lipinski definition) is 3. The molecule has 2 amide bonds. The number of anilines is 1. The molecule has 0 radical (unpaired) electrons. The van der Waals surface area contributed by atoms with Gasteiger partial charge in [0.2, 0.25) is 0 Å². The monoisotopic (exact) mass is 354 g/mol.